The zero-order valence-corrected chi connectivity index (χ0v) is 20.4. The van der Waals surface area contributed by atoms with Crippen LogP contribution in [0.15, 0.2) is 62.6 Å². The fraction of sp³-hybridized carbons (Fsp3) is 0.423. The fourth-order valence-electron chi connectivity index (χ4n) is 4.60. The molecule has 1 saturated carbocycles. The monoisotopic (exact) mass is 511 g/mol. The topological polar surface area (TPSA) is 73.1 Å². The molecular weight excluding hydrogens is 482 g/mol. The first-order valence-corrected chi connectivity index (χ1v) is 12.6. The summed E-state index contributed by atoms with van der Waals surface area (Å²) in [5.41, 5.74) is 1.04. The number of benzene rings is 2. The van der Waals surface area contributed by atoms with Crippen LogP contribution in [0.3, 0.4) is 0 Å². The fourth-order valence-corrected chi connectivity index (χ4v) is 4.86. The van der Waals surface area contributed by atoms with Crippen LogP contribution in [0.4, 0.5) is 0 Å². The molecule has 1 N–H and O–H groups in total. The minimum atomic E-state index is -0.312. The molecule has 0 radical (unpaired) electrons. The summed E-state index contributed by atoms with van der Waals surface area (Å²) < 4.78 is 3.96. The molecule has 2 aromatic carbocycles. The van der Waals surface area contributed by atoms with Crippen LogP contribution in [0.5, 0.6) is 0 Å². The Bertz CT molecular complexity index is 1220. The summed E-state index contributed by atoms with van der Waals surface area (Å²) in [6.07, 6.45) is 7.42. The molecule has 6 nitrogen and oxygen atoms in total. The minimum absolute atomic E-state index is 0.0698. The summed E-state index contributed by atoms with van der Waals surface area (Å²) in [6.45, 7) is 0.691. The van der Waals surface area contributed by atoms with Crippen LogP contribution >= 0.6 is 15.9 Å². The number of unbranched alkanes of at least 4 members (excludes halogenated alkanes) is 1. The molecule has 1 aromatic heterocycles. The number of para-hydroxylation sites is 1. The van der Waals surface area contributed by atoms with Crippen LogP contribution in [0.2, 0.25) is 0 Å². The molecule has 0 saturated heterocycles. The van der Waals surface area contributed by atoms with Gasteiger partial charge in [-0.05, 0) is 55.5 Å². The highest BCUT2D eigenvalue weighted by Gasteiger charge is 2.16. The number of nitrogens with zero attached hydrogens (tertiary/aromatic N) is 2. The molecule has 7 heteroatoms. The van der Waals surface area contributed by atoms with Crippen LogP contribution < -0.4 is 16.6 Å². The van der Waals surface area contributed by atoms with Crippen molar-refractivity contribution in [3.8, 4) is 0 Å². The van der Waals surface area contributed by atoms with E-state index in [-0.39, 0.29) is 17.2 Å². The average molecular weight is 512 g/mol. The molecule has 0 spiro atoms. The average Bonchev–Trinajstić information content (AvgIpc) is 2.83. The minimum Gasteiger partial charge on any atom is -0.353 e. The van der Waals surface area contributed by atoms with Gasteiger partial charge in [0.15, 0.2) is 0 Å². The van der Waals surface area contributed by atoms with Gasteiger partial charge in [0, 0.05) is 23.5 Å². The molecule has 1 amide bonds. The van der Waals surface area contributed by atoms with E-state index >= 15 is 0 Å². The number of hydrogen-bond donors (Lipinski definition) is 1. The number of halogens is 1. The molecule has 0 aliphatic heterocycles. The van der Waals surface area contributed by atoms with Crippen LogP contribution in [0.25, 0.3) is 10.9 Å². The Kier molecular flexibility index (Phi) is 7.81. The van der Waals surface area contributed by atoms with Gasteiger partial charge in [-0.25, -0.2) is 4.79 Å². The van der Waals surface area contributed by atoms with Gasteiger partial charge in [0.1, 0.15) is 0 Å². The van der Waals surface area contributed by atoms with Crippen molar-refractivity contribution in [1.29, 1.82) is 0 Å². The standard InChI is InChI=1S/C26H30BrN3O3/c27-20-15-13-19(14-16-20)18-30-23-11-5-4-10-22(23)25(32)29(26(30)33)17-7-6-12-24(31)28-21-8-2-1-3-9-21/h4-5,10-11,13-16,21H,1-3,6-9,12,17-18H2,(H,28,31). The normalized spacial score (nSPS) is 14.5. The first-order chi connectivity index (χ1) is 16.0. The summed E-state index contributed by atoms with van der Waals surface area (Å²) >= 11 is 3.44. The molecule has 1 aliphatic rings. The predicted molar refractivity (Wildman–Crippen MR) is 135 cm³/mol. The lowest BCUT2D eigenvalue weighted by Crippen LogP contribution is -2.40. The van der Waals surface area contributed by atoms with Crippen molar-refractivity contribution in [3.63, 3.8) is 0 Å². The number of aromatic nitrogens is 2. The number of fused-ring (bicyclic) bond motifs is 1. The molecule has 33 heavy (non-hydrogen) atoms. The Morgan fingerprint density at radius 3 is 2.42 bits per heavy atom. The van der Waals surface area contributed by atoms with Gasteiger partial charge in [0.25, 0.3) is 5.56 Å². The molecule has 0 bridgehead atoms. The molecule has 4 rings (SSSR count). The third kappa shape index (κ3) is 5.82. The second-order valence-corrected chi connectivity index (χ2v) is 9.74. The van der Waals surface area contributed by atoms with Crippen LogP contribution in [0, 0.1) is 0 Å². The molecule has 3 aromatic rings. The van der Waals surface area contributed by atoms with Gasteiger partial charge < -0.3 is 5.32 Å². The molecule has 0 atom stereocenters. The lowest BCUT2D eigenvalue weighted by Gasteiger charge is -2.22. The van der Waals surface area contributed by atoms with Gasteiger partial charge in [-0.2, -0.15) is 0 Å². The number of nitrogens with one attached hydrogen (secondary N) is 1. The zero-order chi connectivity index (χ0) is 23.2. The van der Waals surface area contributed by atoms with Crippen molar-refractivity contribution in [2.24, 2.45) is 0 Å². The number of rotatable bonds is 8. The van der Waals surface area contributed by atoms with Crippen molar-refractivity contribution in [2.45, 2.75) is 70.5 Å². The number of carbonyl (C=O) groups is 1. The van der Waals surface area contributed by atoms with E-state index in [0.29, 0.717) is 49.3 Å². The van der Waals surface area contributed by atoms with Crippen LogP contribution in [-0.2, 0) is 17.9 Å². The van der Waals surface area contributed by atoms with E-state index in [2.05, 4.69) is 21.2 Å². The van der Waals surface area contributed by atoms with Crippen LogP contribution in [0.1, 0.15) is 56.9 Å². The summed E-state index contributed by atoms with van der Waals surface area (Å²) in [6, 6.07) is 15.4. The third-order valence-corrected chi connectivity index (χ3v) is 6.92. The maximum atomic E-state index is 13.3. The van der Waals surface area contributed by atoms with E-state index < -0.39 is 0 Å². The van der Waals surface area contributed by atoms with Gasteiger partial charge in [0.2, 0.25) is 5.91 Å². The maximum absolute atomic E-state index is 13.3. The zero-order valence-electron chi connectivity index (χ0n) is 18.8. The molecule has 174 valence electrons. The van der Waals surface area contributed by atoms with Gasteiger partial charge in [-0.15, -0.1) is 0 Å². The highest BCUT2D eigenvalue weighted by atomic mass is 79.9. The van der Waals surface area contributed by atoms with Gasteiger partial charge in [-0.3, -0.25) is 18.7 Å². The number of amides is 1. The van der Waals surface area contributed by atoms with Gasteiger partial charge >= 0.3 is 5.69 Å². The molecule has 1 fully saturated rings. The Morgan fingerprint density at radius 2 is 1.67 bits per heavy atom. The molecule has 1 heterocycles. The van der Waals surface area contributed by atoms with E-state index in [0.717, 1.165) is 22.9 Å². The first kappa shape index (κ1) is 23.5. The predicted octanol–water partition coefficient (Wildman–Crippen LogP) is 4.59. The Labute approximate surface area is 201 Å². The van der Waals surface area contributed by atoms with Gasteiger partial charge in [-0.1, -0.05) is 59.5 Å². The van der Waals surface area contributed by atoms with Crippen molar-refractivity contribution in [2.75, 3.05) is 0 Å². The van der Waals surface area contributed by atoms with E-state index in [9.17, 15) is 14.4 Å². The lowest BCUT2D eigenvalue weighted by atomic mass is 9.95. The summed E-state index contributed by atoms with van der Waals surface area (Å²) in [5, 5.41) is 3.66. The first-order valence-electron chi connectivity index (χ1n) is 11.8. The summed E-state index contributed by atoms with van der Waals surface area (Å²) in [5.74, 6) is 0.0698. The largest absolute Gasteiger partial charge is 0.353 e. The highest BCUT2D eigenvalue weighted by Crippen LogP contribution is 2.18. The second-order valence-electron chi connectivity index (χ2n) is 8.83. The molecule has 0 unspecified atom stereocenters. The van der Waals surface area contributed by atoms with Crippen molar-refractivity contribution < 1.29 is 4.79 Å². The Hall–Kier alpha value is -2.67. The Balaban J connectivity index is 1.47. The molecular formula is C26H30BrN3O3. The smallest absolute Gasteiger partial charge is 0.331 e. The highest BCUT2D eigenvalue weighted by molar-refractivity contribution is 9.10. The van der Waals surface area contributed by atoms with E-state index in [1.54, 1.807) is 10.6 Å². The van der Waals surface area contributed by atoms with Crippen molar-refractivity contribution in [1.82, 2.24) is 14.5 Å². The second kappa shape index (κ2) is 11.0. The maximum Gasteiger partial charge on any atom is 0.331 e. The third-order valence-electron chi connectivity index (χ3n) is 6.39. The number of carbonyl (C=O) groups excluding carboxylic acids is 1. The van der Waals surface area contributed by atoms with E-state index in [1.807, 2.05) is 42.5 Å². The number of hydrogen-bond acceptors (Lipinski definition) is 3. The molecule has 1 aliphatic carbocycles. The van der Waals surface area contributed by atoms with Crippen molar-refractivity contribution >= 4 is 32.7 Å². The summed E-state index contributed by atoms with van der Waals surface area (Å²) in [4.78, 5) is 38.6. The summed E-state index contributed by atoms with van der Waals surface area (Å²) in [7, 11) is 0. The lowest BCUT2D eigenvalue weighted by molar-refractivity contribution is -0.122. The Morgan fingerprint density at radius 1 is 0.939 bits per heavy atom. The van der Waals surface area contributed by atoms with Crippen molar-refractivity contribution in [3.05, 3.63) is 79.4 Å². The van der Waals surface area contributed by atoms with E-state index in [4.69, 9.17) is 0 Å². The van der Waals surface area contributed by atoms with Crippen LogP contribution in [-0.4, -0.2) is 21.1 Å². The SMILES string of the molecule is O=C(CCCCn1c(=O)c2ccccc2n(Cc2ccc(Br)cc2)c1=O)NC1CCCCC1. The van der Waals surface area contributed by atoms with E-state index in [1.165, 1.54) is 23.8 Å². The van der Waals surface area contributed by atoms with Gasteiger partial charge in [0.05, 0.1) is 17.4 Å². The quantitative estimate of drug-likeness (QED) is 0.449.